The van der Waals surface area contributed by atoms with E-state index in [0.29, 0.717) is 6.04 Å². The van der Waals surface area contributed by atoms with Crippen LogP contribution in [0.2, 0.25) is 0 Å². The summed E-state index contributed by atoms with van der Waals surface area (Å²) in [6.45, 7) is 2.39. The van der Waals surface area contributed by atoms with Gasteiger partial charge in [0.2, 0.25) is 0 Å². The minimum Gasteiger partial charge on any atom is -0.327 e. The Morgan fingerprint density at radius 1 is 1.22 bits per heavy atom. The highest BCUT2D eigenvalue weighted by atomic mass is 14.9. The Balaban J connectivity index is 2.07. The van der Waals surface area contributed by atoms with Gasteiger partial charge in [-0.2, -0.15) is 0 Å². The van der Waals surface area contributed by atoms with Crippen molar-refractivity contribution in [2.24, 2.45) is 17.6 Å². The van der Waals surface area contributed by atoms with Gasteiger partial charge in [0, 0.05) is 6.04 Å². The predicted molar refractivity (Wildman–Crippen MR) is 37.1 cm³/mol. The summed E-state index contributed by atoms with van der Waals surface area (Å²) in [7, 11) is 0. The zero-order chi connectivity index (χ0) is 6.27. The molecule has 2 aliphatic rings. The Hall–Kier alpha value is -0.0800. The van der Waals surface area contributed by atoms with Gasteiger partial charge >= 0.3 is 0 Å². The van der Waals surface area contributed by atoms with E-state index in [1.54, 1.807) is 0 Å². The van der Waals surface area contributed by atoms with Gasteiger partial charge in [-0.25, -0.2) is 0 Å². The lowest BCUT2D eigenvalue weighted by Crippen LogP contribution is -2.28. The predicted octanol–water partition coefficient (Wildman–Crippen LogP) is -0.0569. The van der Waals surface area contributed by atoms with Crippen LogP contribution in [0.15, 0.2) is 0 Å². The standard InChI is InChI=1S/C7H14N2/c8-7-2-1-5-3-9-4-6(5)7/h5-7,9H,1-4,8H2. The fourth-order valence-corrected chi connectivity index (χ4v) is 2.19. The summed E-state index contributed by atoms with van der Waals surface area (Å²) < 4.78 is 0. The lowest BCUT2D eigenvalue weighted by molar-refractivity contribution is 0.453. The van der Waals surface area contributed by atoms with Gasteiger partial charge < -0.3 is 11.1 Å². The summed E-state index contributed by atoms with van der Waals surface area (Å²) in [6, 6.07) is 0.505. The molecule has 52 valence electrons. The van der Waals surface area contributed by atoms with Crippen LogP contribution >= 0.6 is 0 Å². The van der Waals surface area contributed by atoms with E-state index in [2.05, 4.69) is 5.32 Å². The maximum atomic E-state index is 5.88. The quantitative estimate of drug-likeness (QED) is 0.477. The van der Waals surface area contributed by atoms with Crippen LogP contribution in [0.1, 0.15) is 12.8 Å². The Labute approximate surface area is 55.8 Å². The highest BCUT2D eigenvalue weighted by Gasteiger charge is 2.36. The summed E-state index contributed by atoms with van der Waals surface area (Å²) in [4.78, 5) is 0. The molecule has 3 unspecified atom stereocenters. The van der Waals surface area contributed by atoms with Crippen LogP contribution in [0.3, 0.4) is 0 Å². The molecule has 0 aromatic carbocycles. The van der Waals surface area contributed by atoms with Crippen molar-refractivity contribution in [3.63, 3.8) is 0 Å². The van der Waals surface area contributed by atoms with Crippen molar-refractivity contribution in [3.05, 3.63) is 0 Å². The topological polar surface area (TPSA) is 38.0 Å². The monoisotopic (exact) mass is 126 g/mol. The SMILES string of the molecule is NC1CCC2CNCC12. The van der Waals surface area contributed by atoms with Crippen LogP contribution < -0.4 is 11.1 Å². The molecule has 2 nitrogen and oxygen atoms in total. The van der Waals surface area contributed by atoms with E-state index < -0.39 is 0 Å². The second-order valence-electron chi connectivity index (χ2n) is 3.32. The summed E-state index contributed by atoms with van der Waals surface area (Å²) >= 11 is 0. The van der Waals surface area contributed by atoms with E-state index in [1.165, 1.54) is 25.9 Å². The molecule has 0 radical (unpaired) electrons. The smallest absolute Gasteiger partial charge is 0.00825 e. The minimum atomic E-state index is 0.505. The molecule has 9 heavy (non-hydrogen) atoms. The highest BCUT2D eigenvalue weighted by Crippen LogP contribution is 2.32. The number of nitrogens with two attached hydrogens (primary N) is 1. The molecule has 1 saturated carbocycles. The van der Waals surface area contributed by atoms with Crippen molar-refractivity contribution in [1.82, 2.24) is 5.32 Å². The first-order valence-electron chi connectivity index (χ1n) is 3.84. The molecule has 0 aromatic rings. The Kier molecular flexibility index (Phi) is 1.24. The first kappa shape index (κ1) is 5.69. The van der Waals surface area contributed by atoms with Crippen molar-refractivity contribution >= 4 is 0 Å². The van der Waals surface area contributed by atoms with Crippen molar-refractivity contribution in [2.75, 3.05) is 13.1 Å². The third-order valence-corrected chi connectivity index (χ3v) is 2.81. The van der Waals surface area contributed by atoms with Crippen LogP contribution in [0.25, 0.3) is 0 Å². The zero-order valence-corrected chi connectivity index (χ0v) is 5.64. The Morgan fingerprint density at radius 2 is 2.11 bits per heavy atom. The molecule has 0 aromatic heterocycles. The maximum Gasteiger partial charge on any atom is 0.00825 e. The van der Waals surface area contributed by atoms with Gasteiger partial charge in [0.1, 0.15) is 0 Å². The molecule has 1 saturated heterocycles. The first-order chi connectivity index (χ1) is 4.38. The highest BCUT2D eigenvalue weighted by molar-refractivity contribution is 4.93. The van der Waals surface area contributed by atoms with E-state index in [9.17, 15) is 0 Å². The zero-order valence-electron chi connectivity index (χ0n) is 5.64. The minimum absolute atomic E-state index is 0.505. The largest absolute Gasteiger partial charge is 0.327 e. The van der Waals surface area contributed by atoms with E-state index in [0.717, 1.165) is 11.8 Å². The molecular weight excluding hydrogens is 112 g/mol. The molecule has 3 N–H and O–H groups in total. The van der Waals surface area contributed by atoms with Crippen molar-refractivity contribution in [1.29, 1.82) is 0 Å². The first-order valence-corrected chi connectivity index (χ1v) is 3.84. The van der Waals surface area contributed by atoms with Crippen molar-refractivity contribution < 1.29 is 0 Å². The van der Waals surface area contributed by atoms with Crippen LogP contribution in [0.4, 0.5) is 0 Å². The summed E-state index contributed by atoms with van der Waals surface area (Å²) in [6.07, 6.45) is 2.62. The van der Waals surface area contributed by atoms with Gasteiger partial charge in [0.25, 0.3) is 0 Å². The molecule has 2 heteroatoms. The fraction of sp³-hybridized carbons (Fsp3) is 1.00. The van der Waals surface area contributed by atoms with E-state index in [4.69, 9.17) is 5.73 Å². The second kappa shape index (κ2) is 1.96. The van der Waals surface area contributed by atoms with Crippen molar-refractivity contribution in [2.45, 2.75) is 18.9 Å². The normalized spacial score (nSPS) is 49.7. The average Bonchev–Trinajstić information content (AvgIpc) is 2.35. The molecule has 1 aliphatic carbocycles. The summed E-state index contributed by atoms with van der Waals surface area (Å²) in [5.41, 5.74) is 5.88. The molecule has 1 aliphatic heterocycles. The number of hydrogen-bond acceptors (Lipinski definition) is 2. The van der Waals surface area contributed by atoms with E-state index in [-0.39, 0.29) is 0 Å². The summed E-state index contributed by atoms with van der Waals surface area (Å²) in [5, 5.41) is 3.37. The molecule has 2 fully saturated rings. The molecule has 3 atom stereocenters. The van der Waals surface area contributed by atoms with Gasteiger partial charge in [-0.3, -0.25) is 0 Å². The van der Waals surface area contributed by atoms with Gasteiger partial charge in [-0.1, -0.05) is 0 Å². The van der Waals surface area contributed by atoms with E-state index >= 15 is 0 Å². The van der Waals surface area contributed by atoms with Gasteiger partial charge in [-0.15, -0.1) is 0 Å². The Bertz CT molecular complexity index is 113. The fourth-order valence-electron chi connectivity index (χ4n) is 2.19. The van der Waals surface area contributed by atoms with Crippen molar-refractivity contribution in [3.8, 4) is 0 Å². The third-order valence-electron chi connectivity index (χ3n) is 2.81. The molecule has 1 heterocycles. The van der Waals surface area contributed by atoms with Crippen LogP contribution in [0.5, 0.6) is 0 Å². The number of fused-ring (bicyclic) bond motifs is 1. The lowest BCUT2D eigenvalue weighted by atomic mass is 9.98. The molecule has 0 amide bonds. The third kappa shape index (κ3) is 0.775. The maximum absolute atomic E-state index is 5.88. The van der Waals surface area contributed by atoms with Gasteiger partial charge in [-0.05, 0) is 37.8 Å². The van der Waals surface area contributed by atoms with Crippen LogP contribution in [-0.2, 0) is 0 Å². The van der Waals surface area contributed by atoms with Crippen LogP contribution in [0, 0.1) is 11.8 Å². The van der Waals surface area contributed by atoms with Gasteiger partial charge in [0.15, 0.2) is 0 Å². The molecular formula is C7H14N2. The molecule has 0 spiro atoms. The average molecular weight is 126 g/mol. The number of rotatable bonds is 0. The molecule has 2 rings (SSSR count). The molecule has 0 bridgehead atoms. The van der Waals surface area contributed by atoms with E-state index in [1.807, 2.05) is 0 Å². The Morgan fingerprint density at radius 3 is 2.89 bits per heavy atom. The van der Waals surface area contributed by atoms with Gasteiger partial charge in [0.05, 0.1) is 0 Å². The second-order valence-corrected chi connectivity index (χ2v) is 3.32. The summed E-state index contributed by atoms with van der Waals surface area (Å²) in [5.74, 6) is 1.73. The lowest BCUT2D eigenvalue weighted by Gasteiger charge is -2.10. The van der Waals surface area contributed by atoms with Crippen LogP contribution in [-0.4, -0.2) is 19.1 Å². The number of nitrogens with one attached hydrogen (secondary N) is 1. The number of hydrogen-bond donors (Lipinski definition) is 2.